The highest BCUT2D eigenvalue weighted by atomic mass is 35.5. The molecule has 1 aliphatic carbocycles. The van der Waals surface area contributed by atoms with E-state index in [0.29, 0.717) is 24.7 Å². The van der Waals surface area contributed by atoms with Crippen molar-refractivity contribution in [1.82, 2.24) is 0 Å². The maximum Gasteiger partial charge on any atom is 0.0704 e. The first-order valence-electron chi connectivity index (χ1n) is 3.57. The molecular weight excluding hydrogens is 152 g/mol. The maximum atomic E-state index is 5.75. The second-order valence-corrected chi connectivity index (χ2v) is 3.17. The van der Waals surface area contributed by atoms with Crippen LogP contribution in [0.2, 0.25) is 0 Å². The van der Waals surface area contributed by atoms with Crippen molar-refractivity contribution in [2.45, 2.75) is 24.3 Å². The summed E-state index contributed by atoms with van der Waals surface area (Å²) in [6.07, 6.45) is 2.41. The lowest BCUT2D eigenvalue weighted by Crippen LogP contribution is -2.32. The van der Waals surface area contributed by atoms with E-state index in [2.05, 4.69) is 0 Å². The molecule has 1 aliphatic rings. The summed E-state index contributed by atoms with van der Waals surface area (Å²) >= 11 is 5.75. The molecule has 0 saturated heterocycles. The van der Waals surface area contributed by atoms with Crippen molar-refractivity contribution in [3.63, 3.8) is 0 Å². The molecule has 0 aromatic rings. The molecule has 60 valence electrons. The fourth-order valence-electron chi connectivity index (χ4n) is 0.936. The van der Waals surface area contributed by atoms with E-state index in [1.54, 1.807) is 7.11 Å². The van der Waals surface area contributed by atoms with Crippen LogP contribution in [0.4, 0.5) is 0 Å². The molecule has 0 radical (unpaired) electrons. The van der Waals surface area contributed by atoms with Crippen LogP contribution >= 0.6 is 11.6 Å². The third-order valence-electron chi connectivity index (χ3n) is 1.68. The average Bonchev–Trinajstić information content (AvgIpc) is 1.85. The third kappa shape index (κ3) is 2.45. The van der Waals surface area contributed by atoms with Crippen LogP contribution < -0.4 is 0 Å². The molecule has 0 amide bonds. The number of ether oxygens (including phenoxy) is 2. The van der Waals surface area contributed by atoms with Gasteiger partial charge in [0.25, 0.3) is 0 Å². The van der Waals surface area contributed by atoms with E-state index in [9.17, 15) is 0 Å². The lowest BCUT2D eigenvalue weighted by Gasteiger charge is -2.30. The molecule has 10 heavy (non-hydrogen) atoms. The van der Waals surface area contributed by atoms with Gasteiger partial charge in [-0.25, -0.2) is 0 Å². The van der Waals surface area contributed by atoms with E-state index in [-0.39, 0.29) is 0 Å². The molecule has 1 fully saturated rings. The van der Waals surface area contributed by atoms with Crippen LogP contribution in [0.25, 0.3) is 0 Å². The van der Waals surface area contributed by atoms with Crippen LogP contribution in [0.5, 0.6) is 0 Å². The van der Waals surface area contributed by atoms with Crippen molar-refractivity contribution < 1.29 is 9.47 Å². The molecule has 1 rings (SSSR count). The van der Waals surface area contributed by atoms with Crippen LogP contribution in [-0.4, -0.2) is 31.8 Å². The molecule has 0 aromatic carbocycles. The average molecular weight is 165 g/mol. The summed E-state index contributed by atoms with van der Waals surface area (Å²) in [6.45, 7) is 1.38. The Labute approximate surface area is 66.5 Å². The Bertz CT molecular complexity index is 91.6. The predicted octanol–water partition coefficient (Wildman–Crippen LogP) is 1.42. The van der Waals surface area contributed by atoms with Gasteiger partial charge in [-0.3, -0.25) is 0 Å². The smallest absolute Gasteiger partial charge is 0.0704 e. The Kier molecular flexibility index (Phi) is 3.46. The number of rotatable bonds is 4. The summed E-state index contributed by atoms with van der Waals surface area (Å²) in [4.78, 5) is 0. The lowest BCUT2D eigenvalue weighted by molar-refractivity contribution is -0.0189. The van der Waals surface area contributed by atoms with Crippen molar-refractivity contribution in [1.29, 1.82) is 0 Å². The van der Waals surface area contributed by atoms with E-state index in [4.69, 9.17) is 21.1 Å². The van der Waals surface area contributed by atoms with Crippen molar-refractivity contribution in [3.8, 4) is 0 Å². The highest BCUT2D eigenvalue weighted by Gasteiger charge is 2.27. The van der Waals surface area contributed by atoms with Crippen LogP contribution in [0.1, 0.15) is 12.8 Å². The summed E-state index contributed by atoms with van der Waals surface area (Å²) in [7, 11) is 1.68. The summed E-state index contributed by atoms with van der Waals surface area (Å²) < 4.78 is 10.2. The fraction of sp³-hybridized carbons (Fsp3) is 1.00. The van der Waals surface area contributed by atoms with E-state index in [1.807, 2.05) is 0 Å². The zero-order valence-electron chi connectivity index (χ0n) is 6.18. The number of methoxy groups -OCH3 is 1. The molecule has 0 heterocycles. The second-order valence-electron chi connectivity index (χ2n) is 2.55. The number of alkyl halides is 1. The van der Waals surface area contributed by atoms with E-state index < -0.39 is 0 Å². The first-order valence-corrected chi connectivity index (χ1v) is 4.01. The van der Waals surface area contributed by atoms with E-state index in [0.717, 1.165) is 12.8 Å². The van der Waals surface area contributed by atoms with Gasteiger partial charge in [0.05, 0.1) is 19.3 Å². The van der Waals surface area contributed by atoms with E-state index >= 15 is 0 Å². The van der Waals surface area contributed by atoms with Gasteiger partial charge in [0.2, 0.25) is 0 Å². The monoisotopic (exact) mass is 164 g/mol. The van der Waals surface area contributed by atoms with Gasteiger partial charge in [0.15, 0.2) is 0 Å². The highest BCUT2D eigenvalue weighted by molar-refractivity contribution is 6.21. The lowest BCUT2D eigenvalue weighted by atomic mass is 9.95. The quantitative estimate of drug-likeness (QED) is 0.462. The molecule has 1 saturated carbocycles. The van der Waals surface area contributed by atoms with Crippen molar-refractivity contribution in [2.24, 2.45) is 0 Å². The largest absolute Gasteiger partial charge is 0.382 e. The van der Waals surface area contributed by atoms with Gasteiger partial charge in [-0.1, -0.05) is 0 Å². The van der Waals surface area contributed by atoms with Crippen molar-refractivity contribution in [3.05, 3.63) is 0 Å². The minimum atomic E-state index is 0.354. The van der Waals surface area contributed by atoms with Crippen molar-refractivity contribution >= 4 is 11.6 Å². The van der Waals surface area contributed by atoms with Gasteiger partial charge in [-0.15, -0.1) is 11.6 Å². The zero-order chi connectivity index (χ0) is 7.40. The van der Waals surface area contributed by atoms with Gasteiger partial charge in [-0.05, 0) is 12.8 Å². The Morgan fingerprint density at radius 2 is 2.10 bits per heavy atom. The maximum absolute atomic E-state index is 5.75. The van der Waals surface area contributed by atoms with E-state index in [1.165, 1.54) is 0 Å². The van der Waals surface area contributed by atoms with Crippen LogP contribution in [0.15, 0.2) is 0 Å². The summed E-state index contributed by atoms with van der Waals surface area (Å²) in [5.41, 5.74) is 0. The Morgan fingerprint density at radius 1 is 1.40 bits per heavy atom. The van der Waals surface area contributed by atoms with Crippen molar-refractivity contribution in [2.75, 3.05) is 20.3 Å². The summed E-state index contributed by atoms with van der Waals surface area (Å²) in [5.74, 6) is 0. The Balaban J connectivity index is 1.86. The highest BCUT2D eigenvalue weighted by Crippen LogP contribution is 2.27. The topological polar surface area (TPSA) is 18.5 Å². The fourth-order valence-corrected chi connectivity index (χ4v) is 1.33. The Hall–Kier alpha value is 0.210. The zero-order valence-corrected chi connectivity index (χ0v) is 6.93. The minimum absolute atomic E-state index is 0.354. The minimum Gasteiger partial charge on any atom is -0.382 e. The normalized spacial score (nSPS) is 31.8. The first kappa shape index (κ1) is 8.31. The number of halogens is 1. The number of hydrogen-bond acceptors (Lipinski definition) is 2. The summed E-state index contributed by atoms with van der Waals surface area (Å²) in [5, 5.41) is 0.354. The standard InChI is InChI=1S/C7H13ClO2/c1-9-2-3-10-7-4-6(8)5-7/h6-7H,2-5H2,1H3. The Morgan fingerprint density at radius 3 is 2.60 bits per heavy atom. The second kappa shape index (κ2) is 4.16. The van der Waals surface area contributed by atoms with Gasteiger partial charge >= 0.3 is 0 Å². The molecule has 3 heteroatoms. The molecule has 2 nitrogen and oxygen atoms in total. The molecule has 0 aromatic heterocycles. The molecule has 0 bridgehead atoms. The molecular formula is C7H13ClO2. The predicted molar refractivity (Wildman–Crippen MR) is 40.5 cm³/mol. The molecule has 0 unspecified atom stereocenters. The van der Waals surface area contributed by atoms with Gasteiger partial charge < -0.3 is 9.47 Å². The van der Waals surface area contributed by atoms with Gasteiger partial charge in [0.1, 0.15) is 0 Å². The number of hydrogen-bond donors (Lipinski definition) is 0. The molecule has 0 atom stereocenters. The van der Waals surface area contributed by atoms with Crippen LogP contribution in [0, 0.1) is 0 Å². The van der Waals surface area contributed by atoms with Gasteiger partial charge in [-0.2, -0.15) is 0 Å². The van der Waals surface area contributed by atoms with Crippen LogP contribution in [-0.2, 0) is 9.47 Å². The molecule has 0 aliphatic heterocycles. The SMILES string of the molecule is COCCOC1CC(Cl)C1. The first-order chi connectivity index (χ1) is 4.83. The molecule has 0 spiro atoms. The third-order valence-corrected chi connectivity index (χ3v) is 2.03. The summed E-state index contributed by atoms with van der Waals surface area (Å²) in [6, 6.07) is 0. The van der Waals surface area contributed by atoms with Gasteiger partial charge in [0, 0.05) is 12.5 Å². The molecule has 0 N–H and O–H groups in total. The van der Waals surface area contributed by atoms with Crippen LogP contribution in [0.3, 0.4) is 0 Å².